The van der Waals surface area contributed by atoms with Gasteiger partial charge in [-0.2, -0.15) is 4.98 Å². The Morgan fingerprint density at radius 2 is 2.37 bits per heavy atom. The van der Waals surface area contributed by atoms with Gasteiger partial charge in [0.15, 0.2) is 6.33 Å². The van der Waals surface area contributed by atoms with Gasteiger partial charge in [0.1, 0.15) is 0 Å². The zero-order valence-corrected chi connectivity index (χ0v) is 11.7. The molecule has 1 unspecified atom stereocenters. The van der Waals surface area contributed by atoms with E-state index in [0.29, 0.717) is 31.3 Å². The molecule has 2 rings (SSSR count). The van der Waals surface area contributed by atoms with Crippen LogP contribution >= 0.6 is 0 Å². The molecular formula is C11H20N4O3S. The number of sulfonamides is 1. The Balaban J connectivity index is 1.66. The van der Waals surface area contributed by atoms with Crippen LogP contribution in [0.4, 0.5) is 0 Å². The molecule has 1 fully saturated rings. The molecule has 1 aliphatic rings. The number of aromatic nitrogens is 2. The highest BCUT2D eigenvalue weighted by atomic mass is 32.2. The summed E-state index contributed by atoms with van der Waals surface area (Å²) < 4.78 is 30.9. The van der Waals surface area contributed by atoms with Crippen LogP contribution in [0.3, 0.4) is 0 Å². The molecule has 8 heteroatoms. The first-order chi connectivity index (χ1) is 9.16. The van der Waals surface area contributed by atoms with Crippen molar-refractivity contribution < 1.29 is 12.9 Å². The van der Waals surface area contributed by atoms with E-state index in [0.717, 1.165) is 13.0 Å². The lowest BCUT2D eigenvalue weighted by Crippen LogP contribution is -2.37. The van der Waals surface area contributed by atoms with Crippen LogP contribution in [0.15, 0.2) is 10.9 Å². The number of rotatable bonds is 7. The van der Waals surface area contributed by atoms with Gasteiger partial charge in [0, 0.05) is 19.0 Å². The SMILES string of the molecule is O=S(=O)(CCC1CCCCN1)NCCc1ncno1. The molecule has 0 saturated carbocycles. The highest BCUT2D eigenvalue weighted by Crippen LogP contribution is 2.10. The Kier molecular flexibility index (Phi) is 5.29. The summed E-state index contributed by atoms with van der Waals surface area (Å²) in [6.07, 6.45) is 5.82. The number of hydrogen-bond acceptors (Lipinski definition) is 6. The average Bonchev–Trinajstić information content (AvgIpc) is 2.91. The smallest absolute Gasteiger partial charge is 0.227 e. The van der Waals surface area contributed by atoms with Gasteiger partial charge in [0.25, 0.3) is 0 Å². The van der Waals surface area contributed by atoms with Crippen molar-refractivity contribution in [2.24, 2.45) is 0 Å². The zero-order valence-electron chi connectivity index (χ0n) is 10.8. The minimum Gasteiger partial charge on any atom is -0.340 e. The molecule has 0 radical (unpaired) electrons. The fourth-order valence-electron chi connectivity index (χ4n) is 2.16. The molecule has 0 aliphatic carbocycles. The Bertz CT molecular complexity index is 454. The van der Waals surface area contributed by atoms with Gasteiger partial charge in [0.05, 0.1) is 5.75 Å². The first-order valence-corrected chi connectivity index (χ1v) is 8.27. The van der Waals surface area contributed by atoms with Crippen molar-refractivity contribution in [2.45, 2.75) is 38.1 Å². The molecule has 1 saturated heterocycles. The standard InChI is InChI=1S/C11H20N4O3S/c16-19(17,8-5-10-3-1-2-6-12-10)15-7-4-11-13-9-14-18-11/h9-10,12,15H,1-8H2. The molecular weight excluding hydrogens is 268 g/mol. The third-order valence-corrected chi connectivity index (χ3v) is 4.63. The van der Waals surface area contributed by atoms with E-state index in [2.05, 4.69) is 20.2 Å². The number of hydrogen-bond donors (Lipinski definition) is 2. The Morgan fingerprint density at radius 1 is 1.47 bits per heavy atom. The second kappa shape index (κ2) is 6.97. The maximum absolute atomic E-state index is 11.8. The van der Waals surface area contributed by atoms with Gasteiger partial charge in [-0.1, -0.05) is 11.6 Å². The summed E-state index contributed by atoms with van der Waals surface area (Å²) in [6.45, 7) is 1.29. The molecule has 1 aliphatic heterocycles. The Labute approximate surface area is 113 Å². The Hall–Kier alpha value is -0.990. The molecule has 0 spiro atoms. The van der Waals surface area contributed by atoms with Crippen LogP contribution in [-0.4, -0.2) is 43.4 Å². The van der Waals surface area contributed by atoms with E-state index in [-0.39, 0.29) is 5.75 Å². The topological polar surface area (TPSA) is 97.1 Å². The van der Waals surface area contributed by atoms with Crippen molar-refractivity contribution in [3.63, 3.8) is 0 Å². The minimum atomic E-state index is -3.21. The summed E-state index contributed by atoms with van der Waals surface area (Å²) >= 11 is 0. The number of piperidine rings is 1. The predicted octanol–water partition coefficient (Wildman–Crippen LogP) is 0.0637. The lowest BCUT2D eigenvalue weighted by atomic mass is 10.0. The van der Waals surface area contributed by atoms with Gasteiger partial charge in [-0.05, 0) is 25.8 Å². The zero-order chi connectivity index (χ0) is 13.6. The molecule has 108 valence electrons. The van der Waals surface area contributed by atoms with Crippen molar-refractivity contribution in [3.8, 4) is 0 Å². The van der Waals surface area contributed by atoms with E-state index < -0.39 is 10.0 Å². The molecule has 0 aromatic carbocycles. The molecule has 1 aromatic rings. The summed E-state index contributed by atoms with van der Waals surface area (Å²) in [5, 5.41) is 6.81. The summed E-state index contributed by atoms with van der Waals surface area (Å²) in [7, 11) is -3.21. The minimum absolute atomic E-state index is 0.161. The van der Waals surface area contributed by atoms with Gasteiger partial charge < -0.3 is 9.84 Å². The molecule has 0 bridgehead atoms. The molecule has 2 N–H and O–H groups in total. The normalized spacial score (nSPS) is 20.5. The molecule has 1 aromatic heterocycles. The van der Waals surface area contributed by atoms with Crippen LogP contribution in [0, 0.1) is 0 Å². The van der Waals surface area contributed by atoms with E-state index >= 15 is 0 Å². The van der Waals surface area contributed by atoms with E-state index in [1.165, 1.54) is 19.2 Å². The van der Waals surface area contributed by atoms with Crippen LogP contribution in [0.5, 0.6) is 0 Å². The van der Waals surface area contributed by atoms with Crippen LogP contribution in [0.2, 0.25) is 0 Å². The number of nitrogens with one attached hydrogen (secondary N) is 2. The first-order valence-electron chi connectivity index (χ1n) is 6.62. The molecule has 1 atom stereocenters. The third-order valence-electron chi connectivity index (χ3n) is 3.22. The van der Waals surface area contributed by atoms with E-state index in [1.807, 2.05) is 0 Å². The summed E-state index contributed by atoms with van der Waals surface area (Å²) in [5.41, 5.74) is 0. The maximum atomic E-state index is 11.8. The van der Waals surface area contributed by atoms with Crippen LogP contribution < -0.4 is 10.0 Å². The van der Waals surface area contributed by atoms with Crippen LogP contribution in [0.1, 0.15) is 31.6 Å². The second-order valence-corrected chi connectivity index (χ2v) is 6.66. The van der Waals surface area contributed by atoms with Crippen molar-refractivity contribution in [3.05, 3.63) is 12.2 Å². The van der Waals surface area contributed by atoms with E-state index in [9.17, 15) is 8.42 Å². The van der Waals surface area contributed by atoms with Gasteiger partial charge in [-0.15, -0.1) is 0 Å². The maximum Gasteiger partial charge on any atom is 0.227 e. The van der Waals surface area contributed by atoms with Gasteiger partial charge in [-0.3, -0.25) is 0 Å². The van der Waals surface area contributed by atoms with Gasteiger partial charge >= 0.3 is 0 Å². The average molecular weight is 288 g/mol. The summed E-state index contributed by atoms with van der Waals surface area (Å²) in [4.78, 5) is 3.83. The fraction of sp³-hybridized carbons (Fsp3) is 0.818. The van der Waals surface area contributed by atoms with E-state index in [1.54, 1.807) is 0 Å². The third kappa shape index (κ3) is 5.25. The molecule has 7 nitrogen and oxygen atoms in total. The second-order valence-electron chi connectivity index (χ2n) is 4.73. The highest BCUT2D eigenvalue weighted by molar-refractivity contribution is 7.89. The Morgan fingerprint density at radius 3 is 3.05 bits per heavy atom. The van der Waals surface area contributed by atoms with Crippen LogP contribution in [-0.2, 0) is 16.4 Å². The fourth-order valence-corrected chi connectivity index (χ4v) is 3.31. The summed E-state index contributed by atoms with van der Waals surface area (Å²) in [5.74, 6) is 0.603. The van der Waals surface area contributed by atoms with Crippen molar-refractivity contribution >= 4 is 10.0 Å². The first kappa shape index (κ1) is 14.4. The molecule has 19 heavy (non-hydrogen) atoms. The van der Waals surface area contributed by atoms with Crippen molar-refractivity contribution in [1.29, 1.82) is 0 Å². The predicted molar refractivity (Wildman–Crippen MR) is 70.1 cm³/mol. The van der Waals surface area contributed by atoms with Gasteiger partial charge in [0.2, 0.25) is 15.9 Å². The number of nitrogens with zero attached hydrogens (tertiary/aromatic N) is 2. The lowest BCUT2D eigenvalue weighted by Gasteiger charge is -2.23. The van der Waals surface area contributed by atoms with Crippen molar-refractivity contribution in [1.82, 2.24) is 20.2 Å². The highest BCUT2D eigenvalue weighted by Gasteiger charge is 2.17. The van der Waals surface area contributed by atoms with Crippen LogP contribution in [0.25, 0.3) is 0 Å². The monoisotopic (exact) mass is 288 g/mol. The quantitative estimate of drug-likeness (QED) is 0.736. The molecule has 2 heterocycles. The van der Waals surface area contributed by atoms with E-state index in [4.69, 9.17) is 4.52 Å². The van der Waals surface area contributed by atoms with Gasteiger partial charge in [-0.25, -0.2) is 13.1 Å². The largest absolute Gasteiger partial charge is 0.340 e. The summed E-state index contributed by atoms with van der Waals surface area (Å²) in [6, 6.07) is 0.335. The lowest BCUT2D eigenvalue weighted by molar-refractivity contribution is 0.377. The van der Waals surface area contributed by atoms with Crippen molar-refractivity contribution in [2.75, 3.05) is 18.8 Å². The molecule has 0 amide bonds.